The standard InChI is InChI=1S/C11H16ClFN2O2/c1-6(2)11(3,4)5-15-9(16)7(13)8(12)14-10(15)17/h6H,5H2,1-4H3,(H,14,17). The van der Waals surface area contributed by atoms with Gasteiger partial charge in [0, 0.05) is 6.54 Å². The van der Waals surface area contributed by atoms with Crippen molar-refractivity contribution in [1.82, 2.24) is 9.55 Å². The van der Waals surface area contributed by atoms with E-state index in [9.17, 15) is 14.0 Å². The molecular weight excluding hydrogens is 247 g/mol. The molecular formula is C11H16ClFN2O2. The number of hydrogen-bond donors (Lipinski definition) is 1. The summed E-state index contributed by atoms with van der Waals surface area (Å²) >= 11 is 5.38. The molecule has 17 heavy (non-hydrogen) atoms. The summed E-state index contributed by atoms with van der Waals surface area (Å²) in [6, 6.07) is 0. The highest BCUT2D eigenvalue weighted by molar-refractivity contribution is 6.29. The van der Waals surface area contributed by atoms with E-state index in [0.29, 0.717) is 0 Å². The van der Waals surface area contributed by atoms with Crippen molar-refractivity contribution in [3.63, 3.8) is 0 Å². The third-order valence-corrected chi connectivity index (χ3v) is 3.48. The Morgan fingerprint density at radius 3 is 2.41 bits per heavy atom. The molecule has 4 nitrogen and oxygen atoms in total. The number of aromatic nitrogens is 2. The highest BCUT2D eigenvalue weighted by Crippen LogP contribution is 2.27. The minimum atomic E-state index is -1.12. The summed E-state index contributed by atoms with van der Waals surface area (Å²) in [6.07, 6.45) is 0. The molecule has 1 heterocycles. The van der Waals surface area contributed by atoms with E-state index in [1.165, 1.54) is 0 Å². The number of hydrogen-bond acceptors (Lipinski definition) is 2. The Balaban J connectivity index is 3.31. The molecule has 96 valence electrons. The number of halogens is 2. The third kappa shape index (κ3) is 2.77. The summed E-state index contributed by atoms with van der Waals surface area (Å²) < 4.78 is 14.2. The summed E-state index contributed by atoms with van der Waals surface area (Å²) in [5, 5.41) is -0.543. The van der Waals surface area contributed by atoms with Crippen molar-refractivity contribution in [3.8, 4) is 0 Å². The fourth-order valence-corrected chi connectivity index (χ4v) is 1.42. The SMILES string of the molecule is CC(C)C(C)(C)Cn1c(=O)[nH]c(Cl)c(F)c1=O. The van der Waals surface area contributed by atoms with Crippen molar-refractivity contribution < 1.29 is 4.39 Å². The molecule has 0 spiro atoms. The van der Waals surface area contributed by atoms with Gasteiger partial charge in [0.2, 0.25) is 5.82 Å². The van der Waals surface area contributed by atoms with E-state index in [-0.39, 0.29) is 17.9 Å². The average Bonchev–Trinajstić information content (AvgIpc) is 2.21. The second-order valence-corrected chi connectivity index (χ2v) is 5.47. The lowest BCUT2D eigenvalue weighted by Crippen LogP contribution is -2.42. The van der Waals surface area contributed by atoms with Crippen molar-refractivity contribution in [2.24, 2.45) is 11.3 Å². The van der Waals surface area contributed by atoms with Gasteiger partial charge in [-0.1, -0.05) is 39.3 Å². The minimum Gasteiger partial charge on any atom is -0.295 e. The average molecular weight is 263 g/mol. The van der Waals surface area contributed by atoms with Gasteiger partial charge in [0.15, 0.2) is 5.15 Å². The molecule has 6 heteroatoms. The molecule has 0 radical (unpaired) electrons. The van der Waals surface area contributed by atoms with Crippen LogP contribution < -0.4 is 11.2 Å². The van der Waals surface area contributed by atoms with Crippen LogP contribution >= 0.6 is 11.6 Å². The fraction of sp³-hybridized carbons (Fsp3) is 0.636. The van der Waals surface area contributed by atoms with Crippen LogP contribution in [0.2, 0.25) is 5.15 Å². The Bertz CT molecular complexity index is 531. The zero-order valence-corrected chi connectivity index (χ0v) is 11.1. The topological polar surface area (TPSA) is 54.9 Å². The molecule has 1 rings (SSSR count). The number of nitrogens with one attached hydrogen (secondary N) is 1. The van der Waals surface area contributed by atoms with Gasteiger partial charge < -0.3 is 0 Å². The number of nitrogens with zero attached hydrogens (tertiary/aromatic N) is 1. The summed E-state index contributed by atoms with van der Waals surface area (Å²) in [5.74, 6) is -0.877. The Hall–Kier alpha value is -1.10. The van der Waals surface area contributed by atoms with Crippen LogP contribution in [-0.2, 0) is 6.54 Å². The molecule has 0 saturated heterocycles. The van der Waals surface area contributed by atoms with Crippen LogP contribution in [0.25, 0.3) is 0 Å². The summed E-state index contributed by atoms with van der Waals surface area (Å²) in [7, 11) is 0. The van der Waals surface area contributed by atoms with Gasteiger partial charge in [-0.25, -0.2) is 4.79 Å². The molecule has 0 amide bonds. The van der Waals surface area contributed by atoms with Gasteiger partial charge >= 0.3 is 5.69 Å². The largest absolute Gasteiger partial charge is 0.329 e. The quantitative estimate of drug-likeness (QED) is 0.848. The monoisotopic (exact) mass is 262 g/mol. The van der Waals surface area contributed by atoms with E-state index < -0.39 is 22.2 Å². The van der Waals surface area contributed by atoms with Crippen LogP contribution in [0.4, 0.5) is 4.39 Å². The van der Waals surface area contributed by atoms with Gasteiger partial charge in [0.25, 0.3) is 5.56 Å². The predicted molar refractivity (Wildman–Crippen MR) is 64.9 cm³/mol. The summed E-state index contributed by atoms with van der Waals surface area (Å²) in [6.45, 7) is 7.93. The van der Waals surface area contributed by atoms with Crippen LogP contribution in [0, 0.1) is 17.2 Å². The molecule has 0 aliphatic heterocycles. The normalized spacial score (nSPS) is 12.2. The second-order valence-electron chi connectivity index (χ2n) is 5.09. The lowest BCUT2D eigenvalue weighted by molar-refractivity contribution is 0.202. The van der Waals surface area contributed by atoms with Gasteiger partial charge in [-0.15, -0.1) is 0 Å². The Kier molecular flexibility index (Phi) is 3.81. The van der Waals surface area contributed by atoms with Crippen LogP contribution in [0.1, 0.15) is 27.7 Å². The first-order valence-corrected chi connectivity index (χ1v) is 5.72. The predicted octanol–water partition coefficient (Wildman–Crippen LogP) is 2.01. The molecule has 0 bridgehead atoms. The molecule has 0 aliphatic carbocycles. The lowest BCUT2D eigenvalue weighted by Gasteiger charge is -2.29. The van der Waals surface area contributed by atoms with Crippen molar-refractivity contribution in [1.29, 1.82) is 0 Å². The maximum atomic E-state index is 13.3. The molecule has 0 unspecified atom stereocenters. The lowest BCUT2D eigenvalue weighted by atomic mass is 9.81. The van der Waals surface area contributed by atoms with Gasteiger partial charge in [0.1, 0.15) is 0 Å². The summed E-state index contributed by atoms with van der Waals surface area (Å²) in [5.41, 5.74) is -1.96. The maximum Gasteiger partial charge on any atom is 0.329 e. The molecule has 1 aromatic heterocycles. The molecule has 0 atom stereocenters. The number of H-pyrrole nitrogens is 1. The van der Waals surface area contributed by atoms with E-state index in [2.05, 4.69) is 4.98 Å². The Morgan fingerprint density at radius 2 is 1.94 bits per heavy atom. The van der Waals surface area contributed by atoms with Crippen molar-refractivity contribution >= 4 is 11.6 Å². The molecule has 0 fully saturated rings. The van der Waals surface area contributed by atoms with Crippen molar-refractivity contribution in [2.45, 2.75) is 34.2 Å². The number of aromatic amines is 1. The van der Waals surface area contributed by atoms with E-state index in [0.717, 1.165) is 4.57 Å². The molecule has 0 aliphatic rings. The zero-order chi connectivity index (χ0) is 13.4. The van der Waals surface area contributed by atoms with E-state index in [1.54, 1.807) is 0 Å². The molecule has 1 aromatic rings. The first-order valence-electron chi connectivity index (χ1n) is 5.35. The minimum absolute atomic E-state index is 0.146. The second kappa shape index (κ2) is 4.64. The molecule has 0 aromatic carbocycles. The van der Waals surface area contributed by atoms with Gasteiger partial charge in [0.05, 0.1) is 0 Å². The van der Waals surface area contributed by atoms with Gasteiger partial charge in [-0.05, 0) is 11.3 Å². The first kappa shape index (κ1) is 14.0. The van der Waals surface area contributed by atoms with Crippen LogP contribution in [-0.4, -0.2) is 9.55 Å². The van der Waals surface area contributed by atoms with Crippen LogP contribution in [0.3, 0.4) is 0 Å². The van der Waals surface area contributed by atoms with E-state index in [4.69, 9.17) is 11.6 Å². The zero-order valence-electron chi connectivity index (χ0n) is 10.3. The van der Waals surface area contributed by atoms with E-state index in [1.807, 2.05) is 27.7 Å². The smallest absolute Gasteiger partial charge is 0.295 e. The van der Waals surface area contributed by atoms with Crippen molar-refractivity contribution in [3.05, 3.63) is 31.8 Å². The van der Waals surface area contributed by atoms with Crippen LogP contribution in [0.15, 0.2) is 9.59 Å². The maximum absolute atomic E-state index is 13.3. The highest BCUT2D eigenvalue weighted by atomic mass is 35.5. The van der Waals surface area contributed by atoms with Gasteiger partial charge in [-0.2, -0.15) is 4.39 Å². The number of rotatable bonds is 3. The third-order valence-electron chi connectivity index (χ3n) is 3.22. The molecule has 0 saturated carbocycles. The fourth-order valence-electron chi connectivity index (χ4n) is 1.25. The van der Waals surface area contributed by atoms with Gasteiger partial charge in [-0.3, -0.25) is 14.3 Å². The Labute approximate surface area is 103 Å². The first-order chi connectivity index (χ1) is 7.66. The van der Waals surface area contributed by atoms with Crippen molar-refractivity contribution in [2.75, 3.05) is 0 Å². The van der Waals surface area contributed by atoms with Crippen LogP contribution in [0.5, 0.6) is 0 Å². The highest BCUT2D eigenvalue weighted by Gasteiger charge is 2.25. The Morgan fingerprint density at radius 1 is 1.41 bits per heavy atom. The molecule has 1 N–H and O–H groups in total. The summed E-state index contributed by atoms with van der Waals surface area (Å²) in [4.78, 5) is 25.3. The van der Waals surface area contributed by atoms with E-state index >= 15 is 0 Å².